The van der Waals surface area contributed by atoms with E-state index in [9.17, 15) is 9.90 Å². The Bertz CT molecular complexity index is 516. The van der Waals surface area contributed by atoms with Gasteiger partial charge in [-0.3, -0.25) is 4.79 Å². The molecule has 5 heteroatoms. The highest BCUT2D eigenvalue weighted by Crippen LogP contribution is 2.38. The Hall–Kier alpha value is -1.62. The average molecular weight is 275 g/mol. The Balaban J connectivity index is 1.77. The van der Waals surface area contributed by atoms with Crippen LogP contribution in [0.25, 0.3) is 0 Å². The fraction of sp³-hybridized carbons (Fsp3) is 0.600. The zero-order valence-electron chi connectivity index (χ0n) is 11.9. The number of aromatic hydroxyl groups is 1. The van der Waals surface area contributed by atoms with Crippen LogP contribution in [-0.4, -0.2) is 59.0 Å². The lowest BCUT2D eigenvalue weighted by molar-refractivity contribution is 0.0526. The van der Waals surface area contributed by atoms with Crippen LogP contribution in [0.5, 0.6) is 5.75 Å². The molecule has 20 heavy (non-hydrogen) atoms. The normalized spacial score (nSPS) is 27.1. The maximum absolute atomic E-state index is 12.5. The van der Waals surface area contributed by atoms with Crippen molar-refractivity contribution >= 4 is 5.91 Å². The van der Waals surface area contributed by atoms with E-state index < -0.39 is 0 Å². The highest BCUT2D eigenvalue weighted by Gasteiger charge is 2.41. The number of piperidine rings is 1. The van der Waals surface area contributed by atoms with Crippen molar-refractivity contribution in [3.05, 3.63) is 24.0 Å². The van der Waals surface area contributed by atoms with Crippen LogP contribution in [0.1, 0.15) is 29.8 Å². The van der Waals surface area contributed by atoms with Crippen LogP contribution in [0.3, 0.4) is 0 Å². The zero-order valence-corrected chi connectivity index (χ0v) is 11.9. The smallest absolute Gasteiger partial charge is 0.276 e. The van der Waals surface area contributed by atoms with Crippen LogP contribution < -0.4 is 0 Å². The molecule has 1 aromatic rings. The minimum atomic E-state index is -0.142. The molecule has 3 heterocycles. The van der Waals surface area contributed by atoms with E-state index in [1.165, 1.54) is 12.5 Å². The van der Waals surface area contributed by atoms with Crippen LogP contribution in [0.4, 0.5) is 0 Å². The summed E-state index contributed by atoms with van der Waals surface area (Å²) in [5.74, 6) is -0.169. The first-order valence-electron chi connectivity index (χ1n) is 7.21. The minimum absolute atomic E-state index is 0.0272. The van der Waals surface area contributed by atoms with Crippen molar-refractivity contribution < 1.29 is 9.90 Å². The van der Waals surface area contributed by atoms with Gasteiger partial charge in [-0.1, -0.05) is 0 Å². The van der Waals surface area contributed by atoms with Gasteiger partial charge in [-0.2, -0.15) is 0 Å². The van der Waals surface area contributed by atoms with Crippen molar-refractivity contribution in [2.45, 2.75) is 19.3 Å². The lowest BCUT2D eigenvalue weighted by Crippen LogP contribution is -2.47. The van der Waals surface area contributed by atoms with E-state index in [1.807, 2.05) is 4.90 Å². The SMILES string of the molecule is CN1CC[C@@]2(CCCN(C(=O)c3ncccc3O)C2)C1. The molecular formula is C15H21N3O2. The molecule has 108 valence electrons. The summed E-state index contributed by atoms with van der Waals surface area (Å²) in [6.07, 6.45) is 4.93. The molecule has 1 aromatic heterocycles. The number of nitrogens with zero attached hydrogens (tertiary/aromatic N) is 3. The van der Waals surface area contributed by atoms with Crippen molar-refractivity contribution in [3.8, 4) is 5.75 Å². The molecule has 2 fully saturated rings. The van der Waals surface area contributed by atoms with Crippen molar-refractivity contribution in [3.63, 3.8) is 0 Å². The van der Waals surface area contributed by atoms with Crippen LogP contribution in [0, 0.1) is 5.41 Å². The monoisotopic (exact) mass is 275 g/mol. The second kappa shape index (κ2) is 5.05. The topological polar surface area (TPSA) is 56.7 Å². The molecule has 2 aliphatic rings. The van der Waals surface area contributed by atoms with Gasteiger partial charge in [-0.15, -0.1) is 0 Å². The first kappa shape index (κ1) is 13.4. The molecule has 0 saturated carbocycles. The van der Waals surface area contributed by atoms with Crippen molar-refractivity contribution in [2.24, 2.45) is 5.41 Å². The Morgan fingerprint density at radius 2 is 2.20 bits per heavy atom. The molecule has 1 amide bonds. The van der Waals surface area contributed by atoms with E-state index in [-0.39, 0.29) is 22.8 Å². The number of amides is 1. The standard InChI is InChI=1S/C15H21N3O2/c1-17-9-6-15(10-17)5-3-8-18(11-15)14(20)13-12(19)4-2-7-16-13/h2,4,7,19H,3,5-6,8-11H2,1H3/t15-/m0/s1. The largest absolute Gasteiger partial charge is 0.505 e. The third-order valence-corrected chi connectivity index (χ3v) is 4.57. The number of hydrogen-bond acceptors (Lipinski definition) is 4. The molecule has 0 unspecified atom stereocenters. The summed E-state index contributed by atoms with van der Waals surface area (Å²) < 4.78 is 0. The van der Waals surface area contributed by atoms with Gasteiger partial charge in [-0.25, -0.2) is 4.98 Å². The van der Waals surface area contributed by atoms with E-state index in [1.54, 1.807) is 12.3 Å². The van der Waals surface area contributed by atoms with Crippen molar-refractivity contribution in [2.75, 3.05) is 33.2 Å². The van der Waals surface area contributed by atoms with E-state index in [0.29, 0.717) is 0 Å². The van der Waals surface area contributed by atoms with E-state index in [4.69, 9.17) is 0 Å². The maximum atomic E-state index is 12.5. The third-order valence-electron chi connectivity index (χ3n) is 4.57. The predicted octanol–water partition coefficient (Wildman–Crippen LogP) is 1.35. The number of carbonyl (C=O) groups excluding carboxylic acids is 1. The van der Waals surface area contributed by atoms with Gasteiger partial charge in [0, 0.05) is 31.2 Å². The maximum Gasteiger partial charge on any atom is 0.276 e. The number of hydrogen-bond donors (Lipinski definition) is 1. The average Bonchev–Trinajstić information content (AvgIpc) is 2.79. The van der Waals surface area contributed by atoms with E-state index in [2.05, 4.69) is 16.9 Å². The van der Waals surface area contributed by atoms with Crippen LogP contribution in [0.15, 0.2) is 18.3 Å². The Kier molecular flexibility index (Phi) is 3.38. The molecular weight excluding hydrogens is 254 g/mol. The summed E-state index contributed by atoms with van der Waals surface area (Å²) >= 11 is 0. The van der Waals surface area contributed by atoms with Gasteiger partial charge < -0.3 is 14.9 Å². The van der Waals surface area contributed by atoms with Gasteiger partial charge >= 0.3 is 0 Å². The fourth-order valence-corrected chi connectivity index (χ4v) is 3.58. The van der Waals surface area contributed by atoms with Gasteiger partial charge in [0.25, 0.3) is 5.91 Å². The zero-order chi connectivity index (χ0) is 14.2. The molecule has 2 aliphatic heterocycles. The van der Waals surface area contributed by atoms with E-state index in [0.717, 1.165) is 39.0 Å². The number of rotatable bonds is 1. The lowest BCUT2D eigenvalue weighted by Gasteiger charge is -2.40. The van der Waals surface area contributed by atoms with Crippen LogP contribution in [0.2, 0.25) is 0 Å². The molecule has 5 nitrogen and oxygen atoms in total. The molecule has 0 aliphatic carbocycles. The first-order valence-corrected chi connectivity index (χ1v) is 7.21. The van der Waals surface area contributed by atoms with E-state index >= 15 is 0 Å². The highest BCUT2D eigenvalue weighted by molar-refractivity contribution is 5.94. The Morgan fingerprint density at radius 3 is 2.90 bits per heavy atom. The van der Waals surface area contributed by atoms with Gasteiger partial charge in [0.2, 0.25) is 0 Å². The highest BCUT2D eigenvalue weighted by atomic mass is 16.3. The minimum Gasteiger partial charge on any atom is -0.505 e. The summed E-state index contributed by atoms with van der Waals surface area (Å²) in [5.41, 5.74) is 0.420. The Morgan fingerprint density at radius 1 is 1.35 bits per heavy atom. The van der Waals surface area contributed by atoms with Gasteiger partial charge in [0.05, 0.1) is 0 Å². The first-order chi connectivity index (χ1) is 9.60. The second-order valence-corrected chi connectivity index (χ2v) is 6.19. The number of likely N-dealkylation sites (tertiary alicyclic amines) is 2. The molecule has 0 radical (unpaired) electrons. The number of carbonyl (C=O) groups is 1. The number of aromatic nitrogens is 1. The molecule has 1 atom stereocenters. The van der Waals surface area contributed by atoms with Gasteiger partial charge in [0.15, 0.2) is 5.69 Å². The molecule has 1 N–H and O–H groups in total. The summed E-state index contributed by atoms with van der Waals surface area (Å²) in [7, 11) is 2.14. The summed E-state index contributed by atoms with van der Waals surface area (Å²) in [6, 6.07) is 3.15. The molecule has 0 aromatic carbocycles. The number of pyridine rings is 1. The van der Waals surface area contributed by atoms with Crippen molar-refractivity contribution in [1.82, 2.24) is 14.8 Å². The molecule has 2 saturated heterocycles. The third kappa shape index (κ3) is 2.38. The summed E-state index contributed by atoms with van der Waals surface area (Å²) in [5, 5.41) is 9.79. The second-order valence-electron chi connectivity index (χ2n) is 6.19. The molecule has 0 bridgehead atoms. The quantitative estimate of drug-likeness (QED) is 0.840. The van der Waals surface area contributed by atoms with Crippen LogP contribution >= 0.6 is 0 Å². The summed E-state index contributed by atoms with van der Waals surface area (Å²) in [6.45, 7) is 3.72. The fourth-order valence-electron chi connectivity index (χ4n) is 3.58. The summed E-state index contributed by atoms with van der Waals surface area (Å²) in [4.78, 5) is 20.8. The van der Waals surface area contributed by atoms with Crippen molar-refractivity contribution in [1.29, 1.82) is 0 Å². The molecule has 3 rings (SSSR count). The van der Waals surface area contributed by atoms with Gasteiger partial charge in [0.1, 0.15) is 5.75 Å². The lowest BCUT2D eigenvalue weighted by atomic mass is 9.79. The molecule has 1 spiro atoms. The van der Waals surface area contributed by atoms with Crippen LogP contribution in [-0.2, 0) is 0 Å². The Labute approximate surface area is 119 Å². The predicted molar refractivity (Wildman–Crippen MR) is 75.6 cm³/mol. The van der Waals surface area contributed by atoms with Gasteiger partial charge in [-0.05, 0) is 45.0 Å².